The number of benzene rings is 1. The summed E-state index contributed by atoms with van der Waals surface area (Å²) >= 11 is 0. The van der Waals surface area contributed by atoms with Gasteiger partial charge in [0.25, 0.3) is 0 Å². The van der Waals surface area contributed by atoms with E-state index in [1.54, 1.807) is 0 Å². The van der Waals surface area contributed by atoms with Crippen molar-refractivity contribution in [2.24, 2.45) is 0 Å². The van der Waals surface area contributed by atoms with Crippen molar-refractivity contribution in [1.82, 2.24) is 4.90 Å². The molecule has 2 nitrogen and oxygen atoms in total. The lowest BCUT2D eigenvalue weighted by molar-refractivity contribution is -0.0107. The van der Waals surface area contributed by atoms with Crippen LogP contribution in [0, 0.1) is 0 Å². The standard InChI is InChI=1S/C13H19NO/c1-13(14(2)3)11-7-5-4-6-10(11)8-9-12(13)15/h4-7,12,15H,8-9H2,1-3H3/t12-,13-/m1/s1. The normalized spacial score (nSPS) is 30.3. The number of aliphatic hydroxyl groups is 1. The van der Waals surface area contributed by atoms with Crippen LogP contribution in [0.2, 0.25) is 0 Å². The third-order valence-electron chi connectivity index (χ3n) is 3.83. The molecule has 1 aromatic rings. The first-order valence-electron chi connectivity index (χ1n) is 5.50. The van der Waals surface area contributed by atoms with Gasteiger partial charge in [-0.2, -0.15) is 0 Å². The molecule has 1 aromatic carbocycles. The fourth-order valence-electron chi connectivity index (χ4n) is 2.52. The van der Waals surface area contributed by atoms with E-state index in [1.165, 1.54) is 11.1 Å². The van der Waals surface area contributed by atoms with Gasteiger partial charge in [0.2, 0.25) is 0 Å². The van der Waals surface area contributed by atoms with Gasteiger partial charge in [-0.3, -0.25) is 4.90 Å². The SMILES string of the molecule is CN(C)[C@]1(C)c2ccccc2CC[C@H]1O. The number of aliphatic hydroxyl groups excluding tert-OH is 1. The predicted molar refractivity (Wildman–Crippen MR) is 61.8 cm³/mol. The highest BCUT2D eigenvalue weighted by Crippen LogP contribution is 2.38. The Morgan fingerprint density at radius 2 is 2.00 bits per heavy atom. The highest BCUT2D eigenvalue weighted by atomic mass is 16.3. The van der Waals surface area contributed by atoms with Gasteiger partial charge in [0, 0.05) is 0 Å². The van der Waals surface area contributed by atoms with Crippen LogP contribution in [-0.2, 0) is 12.0 Å². The molecule has 2 rings (SSSR count). The maximum absolute atomic E-state index is 10.2. The van der Waals surface area contributed by atoms with Gasteiger partial charge in [0.05, 0.1) is 11.6 Å². The molecule has 0 aliphatic heterocycles. The smallest absolute Gasteiger partial charge is 0.0766 e. The Morgan fingerprint density at radius 3 is 2.67 bits per heavy atom. The van der Waals surface area contributed by atoms with Crippen LogP contribution in [0.1, 0.15) is 24.5 Å². The van der Waals surface area contributed by atoms with Crippen molar-refractivity contribution in [3.63, 3.8) is 0 Å². The van der Waals surface area contributed by atoms with E-state index in [0.717, 1.165) is 12.8 Å². The molecule has 2 atom stereocenters. The van der Waals surface area contributed by atoms with Crippen molar-refractivity contribution in [3.05, 3.63) is 35.4 Å². The molecule has 0 saturated heterocycles. The summed E-state index contributed by atoms with van der Waals surface area (Å²) in [6.45, 7) is 2.12. The molecule has 0 bridgehead atoms. The molecule has 1 aliphatic rings. The zero-order valence-corrected chi connectivity index (χ0v) is 9.70. The molecule has 0 unspecified atom stereocenters. The van der Waals surface area contributed by atoms with E-state index >= 15 is 0 Å². The van der Waals surface area contributed by atoms with Crippen LogP contribution in [0.15, 0.2) is 24.3 Å². The molecule has 15 heavy (non-hydrogen) atoms. The van der Waals surface area contributed by atoms with E-state index in [9.17, 15) is 5.11 Å². The minimum atomic E-state index is -0.276. The first-order chi connectivity index (χ1) is 7.06. The molecule has 2 heteroatoms. The van der Waals surface area contributed by atoms with E-state index in [0.29, 0.717) is 0 Å². The molecule has 0 amide bonds. The summed E-state index contributed by atoms with van der Waals surface area (Å²) in [6.07, 6.45) is 1.56. The summed E-state index contributed by atoms with van der Waals surface area (Å²) in [5, 5.41) is 10.2. The largest absolute Gasteiger partial charge is 0.391 e. The highest BCUT2D eigenvalue weighted by Gasteiger charge is 2.40. The van der Waals surface area contributed by atoms with Crippen molar-refractivity contribution in [2.45, 2.75) is 31.4 Å². The van der Waals surface area contributed by atoms with Crippen molar-refractivity contribution in [2.75, 3.05) is 14.1 Å². The molecular weight excluding hydrogens is 186 g/mol. The summed E-state index contributed by atoms with van der Waals surface area (Å²) in [7, 11) is 4.07. The summed E-state index contributed by atoms with van der Waals surface area (Å²) in [4.78, 5) is 2.12. The number of nitrogens with zero attached hydrogens (tertiary/aromatic N) is 1. The van der Waals surface area contributed by atoms with Crippen LogP contribution >= 0.6 is 0 Å². The van der Waals surface area contributed by atoms with Gasteiger partial charge in [-0.05, 0) is 45.0 Å². The van der Waals surface area contributed by atoms with Gasteiger partial charge >= 0.3 is 0 Å². The summed E-state index contributed by atoms with van der Waals surface area (Å²) < 4.78 is 0. The maximum atomic E-state index is 10.2. The Balaban J connectivity index is 2.55. The van der Waals surface area contributed by atoms with Crippen LogP contribution in [0.3, 0.4) is 0 Å². The molecule has 0 fully saturated rings. The van der Waals surface area contributed by atoms with Gasteiger partial charge in [0.1, 0.15) is 0 Å². The number of hydrogen-bond donors (Lipinski definition) is 1. The second-order valence-electron chi connectivity index (χ2n) is 4.75. The molecule has 0 spiro atoms. The fraction of sp³-hybridized carbons (Fsp3) is 0.538. The Morgan fingerprint density at radius 1 is 1.33 bits per heavy atom. The highest BCUT2D eigenvalue weighted by molar-refractivity contribution is 5.37. The average Bonchev–Trinajstić information content (AvgIpc) is 2.23. The Labute approximate surface area is 91.5 Å². The number of likely N-dealkylation sites (N-methyl/N-ethyl adjacent to an activating group) is 1. The van der Waals surface area contributed by atoms with Crippen LogP contribution in [0.4, 0.5) is 0 Å². The molecule has 0 saturated carbocycles. The first-order valence-corrected chi connectivity index (χ1v) is 5.50. The Kier molecular flexibility index (Phi) is 2.57. The van der Waals surface area contributed by atoms with Gasteiger partial charge in [-0.15, -0.1) is 0 Å². The molecule has 0 aromatic heterocycles. The van der Waals surface area contributed by atoms with Crippen molar-refractivity contribution in [1.29, 1.82) is 0 Å². The molecular formula is C13H19NO. The predicted octanol–water partition coefficient (Wildman–Crippen LogP) is 1.77. The molecule has 0 radical (unpaired) electrons. The monoisotopic (exact) mass is 205 g/mol. The molecule has 1 aliphatic carbocycles. The zero-order valence-electron chi connectivity index (χ0n) is 9.70. The van der Waals surface area contributed by atoms with E-state index in [2.05, 4.69) is 36.1 Å². The van der Waals surface area contributed by atoms with Gasteiger partial charge in [0.15, 0.2) is 0 Å². The maximum Gasteiger partial charge on any atom is 0.0766 e. The average molecular weight is 205 g/mol. The lowest BCUT2D eigenvalue weighted by atomic mass is 9.75. The van der Waals surface area contributed by atoms with Crippen LogP contribution < -0.4 is 0 Å². The molecule has 0 heterocycles. The second-order valence-corrected chi connectivity index (χ2v) is 4.75. The lowest BCUT2D eigenvalue weighted by Crippen LogP contribution is -2.51. The zero-order chi connectivity index (χ0) is 11.1. The minimum absolute atomic E-state index is 0.241. The third-order valence-corrected chi connectivity index (χ3v) is 3.83. The number of fused-ring (bicyclic) bond motifs is 1. The molecule has 1 N–H and O–H groups in total. The fourth-order valence-corrected chi connectivity index (χ4v) is 2.52. The number of aryl methyl sites for hydroxylation is 1. The Hall–Kier alpha value is -0.860. The Bertz CT molecular complexity index is 361. The van der Waals surface area contributed by atoms with Gasteiger partial charge in [-0.25, -0.2) is 0 Å². The van der Waals surface area contributed by atoms with Crippen LogP contribution in [0.5, 0.6) is 0 Å². The van der Waals surface area contributed by atoms with Gasteiger partial charge in [-0.1, -0.05) is 24.3 Å². The first kappa shape index (κ1) is 10.7. The lowest BCUT2D eigenvalue weighted by Gasteiger charge is -2.45. The quantitative estimate of drug-likeness (QED) is 0.755. The van der Waals surface area contributed by atoms with E-state index in [1.807, 2.05) is 14.1 Å². The van der Waals surface area contributed by atoms with Crippen molar-refractivity contribution < 1.29 is 5.11 Å². The molecule has 82 valence electrons. The topological polar surface area (TPSA) is 23.5 Å². The van der Waals surface area contributed by atoms with Crippen LogP contribution in [0.25, 0.3) is 0 Å². The van der Waals surface area contributed by atoms with E-state index in [-0.39, 0.29) is 11.6 Å². The summed E-state index contributed by atoms with van der Waals surface area (Å²) in [6, 6.07) is 8.44. The van der Waals surface area contributed by atoms with E-state index < -0.39 is 0 Å². The second kappa shape index (κ2) is 3.62. The number of hydrogen-bond acceptors (Lipinski definition) is 2. The van der Waals surface area contributed by atoms with Crippen molar-refractivity contribution in [3.8, 4) is 0 Å². The minimum Gasteiger partial charge on any atom is -0.391 e. The van der Waals surface area contributed by atoms with Gasteiger partial charge < -0.3 is 5.11 Å². The summed E-state index contributed by atoms with van der Waals surface area (Å²) in [5.74, 6) is 0. The van der Waals surface area contributed by atoms with Crippen LogP contribution in [-0.4, -0.2) is 30.2 Å². The summed E-state index contributed by atoms with van der Waals surface area (Å²) in [5.41, 5.74) is 2.40. The van der Waals surface area contributed by atoms with Crippen molar-refractivity contribution >= 4 is 0 Å². The number of rotatable bonds is 1. The van der Waals surface area contributed by atoms with E-state index in [4.69, 9.17) is 0 Å². The third kappa shape index (κ3) is 1.48.